The molecule has 2 rings (SSSR count). The van der Waals surface area contributed by atoms with Crippen LogP contribution in [0.15, 0.2) is 36.7 Å². The number of amides is 1. The predicted octanol–water partition coefficient (Wildman–Crippen LogP) is 1.62. The molecule has 0 fully saturated rings. The number of rotatable bonds is 4. The SMILES string of the molecule is COc1c[n+](N)ccc1NC(=O)OC(C)(C)C.O=[N+]([O-])c1ccc([O-])c([N+](=O)[O-])c1. The number of carbonyl (C=O) groups is 1. The van der Waals surface area contributed by atoms with Crippen LogP contribution in [0.4, 0.5) is 21.9 Å². The summed E-state index contributed by atoms with van der Waals surface area (Å²) in [5.74, 6) is 5.15. The zero-order valence-corrected chi connectivity index (χ0v) is 16.6. The van der Waals surface area contributed by atoms with Crippen molar-refractivity contribution >= 4 is 23.2 Å². The molecule has 3 N–H and O–H groups in total. The molecule has 0 saturated heterocycles. The Morgan fingerprint density at radius 3 is 2.30 bits per heavy atom. The Kier molecular flexibility index (Phi) is 7.85. The molecule has 0 radical (unpaired) electrons. The van der Waals surface area contributed by atoms with Crippen LogP contribution in [-0.2, 0) is 4.74 Å². The Labute approximate surface area is 170 Å². The number of nitrogens with two attached hydrogens (primary N) is 1. The van der Waals surface area contributed by atoms with E-state index in [0.29, 0.717) is 17.5 Å². The van der Waals surface area contributed by atoms with E-state index in [1.54, 1.807) is 39.2 Å². The lowest BCUT2D eigenvalue weighted by Crippen LogP contribution is -2.43. The minimum Gasteiger partial charge on any atom is -0.868 e. The van der Waals surface area contributed by atoms with Crippen LogP contribution in [0.2, 0.25) is 0 Å². The number of nitrogens with zero attached hydrogens (tertiary/aromatic N) is 3. The van der Waals surface area contributed by atoms with Crippen LogP contribution >= 0.6 is 0 Å². The number of anilines is 1. The van der Waals surface area contributed by atoms with E-state index in [2.05, 4.69) is 5.32 Å². The number of carbonyl (C=O) groups excluding carboxylic acids is 1. The zero-order chi connectivity index (χ0) is 23.1. The number of aromatic nitrogens is 1. The molecule has 0 aliphatic rings. The number of nitro groups is 2. The zero-order valence-electron chi connectivity index (χ0n) is 16.6. The van der Waals surface area contributed by atoms with Gasteiger partial charge in [0.25, 0.3) is 11.4 Å². The monoisotopic (exact) mass is 423 g/mol. The first kappa shape index (κ1) is 23.9. The summed E-state index contributed by atoms with van der Waals surface area (Å²) < 4.78 is 11.5. The van der Waals surface area contributed by atoms with E-state index >= 15 is 0 Å². The summed E-state index contributed by atoms with van der Waals surface area (Å²) in [5, 5.41) is 33.7. The second-order valence-electron chi connectivity index (χ2n) is 6.67. The van der Waals surface area contributed by atoms with Gasteiger partial charge in [0.2, 0.25) is 18.1 Å². The molecule has 1 aromatic carbocycles. The summed E-state index contributed by atoms with van der Waals surface area (Å²) in [5.41, 5.74) is -1.29. The van der Waals surface area contributed by atoms with Gasteiger partial charge in [-0.15, -0.1) is 0 Å². The maximum atomic E-state index is 11.6. The number of ether oxygens (including phenoxy) is 2. The number of nitrogens with one attached hydrogen (secondary N) is 1. The van der Waals surface area contributed by atoms with E-state index in [1.807, 2.05) is 0 Å². The predicted molar refractivity (Wildman–Crippen MR) is 102 cm³/mol. The topological polar surface area (TPSA) is 187 Å². The number of hydrogen-bond donors (Lipinski definition) is 2. The first-order chi connectivity index (χ1) is 13.8. The fourth-order valence-corrected chi connectivity index (χ4v) is 1.93. The Bertz CT molecular complexity index is 942. The van der Waals surface area contributed by atoms with Crippen LogP contribution in [0.3, 0.4) is 0 Å². The molecule has 0 unspecified atom stereocenters. The van der Waals surface area contributed by atoms with Gasteiger partial charge >= 0.3 is 6.09 Å². The van der Waals surface area contributed by atoms with Gasteiger partial charge in [-0.2, -0.15) is 0 Å². The summed E-state index contributed by atoms with van der Waals surface area (Å²) in [4.78, 5) is 30.2. The van der Waals surface area contributed by atoms with Crippen molar-refractivity contribution in [1.29, 1.82) is 0 Å². The first-order valence-corrected chi connectivity index (χ1v) is 8.28. The molecular formula is C17H21N5O8. The van der Waals surface area contributed by atoms with Crippen LogP contribution in [0, 0.1) is 20.2 Å². The van der Waals surface area contributed by atoms with Crippen LogP contribution < -0.4 is 25.7 Å². The van der Waals surface area contributed by atoms with Crippen molar-refractivity contribution in [3.8, 4) is 11.5 Å². The van der Waals surface area contributed by atoms with E-state index < -0.39 is 38.7 Å². The second kappa shape index (κ2) is 9.86. The average Bonchev–Trinajstić information content (AvgIpc) is 2.62. The van der Waals surface area contributed by atoms with Gasteiger partial charge in [0, 0.05) is 12.1 Å². The van der Waals surface area contributed by atoms with E-state index in [1.165, 1.54) is 11.8 Å². The van der Waals surface area contributed by atoms with Crippen LogP contribution in [0.1, 0.15) is 20.8 Å². The van der Waals surface area contributed by atoms with Crippen molar-refractivity contribution in [2.75, 3.05) is 18.3 Å². The molecule has 0 saturated carbocycles. The van der Waals surface area contributed by atoms with E-state index in [0.717, 1.165) is 12.1 Å². The highest BCUT2D eigenvalue weighted by molar-refractivity contribution is 5.86. The number of hydrogen-bond acceptors (Lipinski definition) is 9. The van der Waals surface area contributed by atoms with Crippen LogP contribution in [-0.4, -0.2) is 28.7 Å². The molecule has 0 aliphatic carbocycles. The Morgan fingerprint density at radius 1 is 1.17 bits per heavy atom. The molecule has 13 heteroatoms. The standard InChI is InChI=1S/C11H17N3O3.C6H4N2O5/c1-11(2,3)17-10(15)13-8-5-6-14(12)7-9(8)16-4;9-6-2-1-4(7(10)11)3-5(6)8(12)13/h5-7H,12H2,1-4H3;1-3,9H. The number of non-ortho nitro benzene ring substituents is 1. The van der Waals surface area contributed by atoms with Crippen molar-refractivity contribution in [2.45, 2.75) is 26.4 Å². The molecule has 1 amide bonds. The maximum Gasteiger partial charge on any atom is 0.412 e. The molecule has 1 aromatic heterocycles. The van der Waals surface area contributed by atoms with Gasteiger partial charge in [-0.1, -0.05) is 10.7 Å². The second-order valence-corrected chi connectivity index (χ2v) is 6.67. The summed E-state index contributed by atoms with van der Waals surface area (Å²) in [6.45, 7) is 5.38. The minimum atomic E-state index is -0.949. The van der Waals surface area contributed by atoms with Crippen LogP contribution in [0.5, 0.6) is 11.5 Å². The normalized spacial score (nSPS) is 10.3. The maximum absolute atomic E-state index is 11.6. The molecule has 0 atom stereocenters. The lowest BCUT2D eigenvalue weighted by molar-refractivity contribution is -0.639. The number of pyridine rings is 1. The van der Waals surface area contributed by atoms with Crippen molar-refractivity contribution in [3.63, 3.8) is 0 Å². The molecule has 0 spiro atoms. The highest BCUT2D eigenvalue weighted by Gasteiger charge is 2.18. The molecule has 162 valence electrons. The van der Waals surface area contributed by atoms with Gasteiger partial charge in [-0.05, 0) is 26.5 Å². The largest absolute Gasteiger partial charge is 0.868 e. The third-order valence-corrected chi connectivity index (χ3v) is 3.15. The molecule has 2 aromatic rings. The molecular weight excluding hydrogens is 402 g/mol. The Morgan fingerprint density at radius 2 is 1.80 bits per heavy atom. The van der Waals surface area contributed by atoms with Gasteiger partial charge in [-0.25, -0.2) is 10.6 Å². The highest BCUT2D eigenvalue weighted by Crippen LogP contribution is 2.27. The Balaban J connectivity index is 0.000000311. The van der Waals surface area contributed by atoms with Gasteiger partial charge in [0.15, 0.2) is 0 Å². The van der Waals surface area contributed by atoms with Gasteiger partial charge in [-0.3, -0.25) is 25.5 Å². The van der Waals surface area contributed by atoms with E-state index in [-0.39, 0.29) is 0 Å². The highest BCUT2D eigenvalue weighted by atomic mass is 16.6. The number of methoxy groups -OCH3 is 1. The molecule has 0 bridgehead atoms. The van der Waals surface area contributed by atoms with Crippen molar-refractivity contribution in [3.05, 3.63) is 56.9 Å². The third-order valence-electron chi connectivity index (χ3n) is 3.15. The minimum absolute atomic E-state index is 0.459. The quantitative estimate of drug-likeness (QED) is 0.319. The summed E-state index contributed by atoms with van der Waals surface area (Å²) in [6, 6.07) is 4.00. The average molecular weight is 423 g/mol. The molecule has 1 heterocycles. The van der Waals surface area contributed by atoms with Gasteiger partial charge in [0.05, 0.1) is 28.7 Å². The summed E-state index contributed by atoms with van der Waals surface area (Å²) >= 11 is 0. The number of nitro benzene ring substituents is 2. The lowest BCUT2D eigenvalue weighted by atomic mass is 10.2. The smallest absolute Gasteiger partial charge is 0.412 e. The fraction of sp³-hybridized carbons (Fsp3) is 0.294. The van der Waals surface area contributed by atoms with Gasteiger partial charge < -0.3 is 14.6 Å². The first-order valence-electron chi connectivity index (χ1n) is 8.28. The number of benzene rings is 1. The van der Waals surface area contributed by atoms with Crippen molar-refractivity contribution in [2.24, 2.45) is 0 Å². The van der Waals surface area contributed by atoms with Gasteiger partial charge in [0.1, 0.15) is 5.60 Å². The summed E-state index contributed by atoms with van der Waals surface area (Å²) in [6.07, 6.45) is 2.60. The fourth-order valence-electron chi connectivity index (χ4n) is 1.93. The summed E-state index contributed by atoms with van der Waals surface area (Å²) in [7, 11) is 1.50. The number of nitrogen functional groups attached to an aromatic ring is 1. The van der Waals surface area contributed by atoms with E-state index in [4.69, 9.17) is 15.3 Å². The van der Waals surface area contributed by atoms with Crippen molar-refractivity contribution in [1.82, 2.24) is 0 Å². The Hall–Kier alpha value is -4.16. The molecule has 13 nitrogen and oxygen atoms in total. The van der Waals surface area contributed by atoms with E-state index in [9.17, 15) is 30.1 Å². The van der Waals surface area contributed by atoms with Crippen LogP contribution in [0.25, 0.3) is 0 Å². The third kappa shape index (κ3) is 7.46. The lowest BCUT2D eigenvalue weighted by Gasteiger charge is -2.19. The molecule has 0 aliphatic heterocycles. The van der Waals surface area contributed by atoms with Crippen molar-refractivity contribution < 1.29 is 33.9 Å². The molecule has 30 heavy (non-hydrogen) atoms.